The SMILES string of the molecule is Nn1c(SCc2nc(-c3cccs3)no2)nnc1C1CC1. The molecule has 1 aliphatic carbocycles. The Kier molecular flexibility index (Phi) is 3.15. The molecule has 0 aromatic carbocycles. The lowest BCUT2D eigenvalue weighted by molar-refractivity contribution is 0.391. The summed E-state index contributed by atoms with van der Waals surface area (Å²) in [4.78, 5) is 5.36. The molecule has 3 aromatic heterocycles. The van der Waals surface area contributed by atoms with Crippen LogP contribution in [-0.4, -0.2) is 25.0 Å². The number of aromatic nitrogens is 5. The topological polar surface area (TPSA) is 95.7 Å². The highest BCUT2D eigenvalue weighted by Gasteiger charge is 2.30. The Morgan fingerprint density at radius 1 is 1.43 bits per heavy atom. The lowest BCUT2D eigenvalue weighted by Crippen LogP contribution is -2.13. The van der Waals surface area contributed by atoms with Gasteiger partial charge in [-0.1, -0.05) is 23.0 Å². The van der Waals surface area contributed by atoms with E-state index in [0.717, 1.165) is 23.5 Å². The van der Waals surface area contributed by atoms with Crippen molar-refractivity contribution in [3.05, 3.63) is 29.2 Å². The predicted molar refractivity (Wildman–Crippen MR) is 79.3 cm³/mol. The molecule has 0 atom stereocenters. The molecule has 0 aliphatic heterocycles. The molecule has 9 heteroatoms. The lowest BCUT2D eigenvalue weighted by atomic mass is 10.4. The number of thiophene rings is 1. The van der Waals surface area contributed by atoms with Crippen molar-refractivity contribution in [3.8, 4) is 10.7 Å². The van der Waals surface area contributed by atoms with E-state index in [-0.39, 0.29) is 0 Å². The predicted octanol–water partition coefficient (Wildman–Crippen LogP) is 2.27. The fourth-order valence-corrected chi connectivity index (χ4v) is 3.30. The molecule has 3 heterocycles. The summed E-state index contributed by atoms with van der Waals surface area (Å²) in [7, 11) is 0. The molecule has 0 bridgehead atoms. The smallest absolute Gasteiger partial charge is 0.237 e. The first-order valence-electron chi connectivity index (χ1n) is 6.51. The second kappa shape index (κ2) is 5.15. The van der Waals surface area contributed by atoms with Gasteiger partial charge in [0.1, 0.15) is 0 Å². The number of hydrogen-bond donors (Lipinski definition) is 1. The van der Waals surface area contributed by atoms with Crippen molar-refractivity contribution in [2.75, 3.05) is 5.84 Å². The maximum atomic E-state index is 6.00. The maximum Gasteiger partial charge on any atom is 0.237 e. The van der Waals surface area contributed by atoms with E-state index >= 15 is 0 Å². The summed E-state index contributed by atoms with van der Waals surface area (Å²) in [6, 6.07) is 3.92. The van der Waals surface area contributed by atoms with Gasteiger partial charge in [0.05, 0.1) is 10.6 Å². The standard InChI is InChI=1S/C12H12N6OS2/c13-18-11(7-3-4-7)15-16-12(18)21-6-9-14-10(17-19-9)8-2-1-5-20-8/h1-2,5,7H,3-4,6,13H2. The summed E-state index contributed by atoms with van der Waals surface area (Å²) in [5.41, 5.74) is 0. The van der Waals surface area contributed by atoms with E-state index in [1.54, 1.807) is 16.0 Å². The maximum absolute atomic E-state index is 6.00. The fourth-order valence-electron chi connectivity index (χ4n) is 1.95. The van der Waals surface area contributed by atoms with Crippen LogP contribution in [0.2, 0.25) is 0 Å². The molecule has 2 N–H and O–H groups in total. The van der Waals surface area contributed by atoms with Crippen LogP contribution in [-0.2, 0) is 5.75 Å². The molecule has 0 spiro atoms. The summed E-state index contributed by atoms with van der Waals surface area (Å²) < 4.78 is 6.81. The molecule has 21 heavy (non-hydrogen) atoms. The third-order valence-corrected chi connectivity index (χ3v) is 4.96. The second-order valence-corrected chi connectivity index (χ2v) is 6.65. The fraction of sp³-hybridized carbons (Fsp3) is 0.333. The van der Waals surface area contributed by atoms with E-state index in [0.29, 0.717) is 28.5 Å². The summed E-state index contributed by atoms with van der Waals surface area (Å²) in [6.07, 6.45) is 2.29. The van der Waals surface area contributed by atoms with Gasteiger partial charge in [-0.2, -0.15) is 4.98 Å². The van der Waals surface area contributed by atoms with Crippen LogP contribution < -0.4 is 5.84 Å². The number of nitrogen functional groups attached to an aromatic ring is 1. The van der Waals surface area contributed by atoms with Gasteiger partial charge < -0.3 is 10.4 Å². The first kappa shape index (κ1) is 12.8. The number of hydrogen-bond acceptors (Lipinski definition) is 8. The van der Waals surface area contributed by atoms with Crippen molar-refractivity contribution < 1.29 is 4.52 Å². The van der Waals surface area contributed by atoms with Crippen molar-refractivity contribution in [1.29, 1.82) is 0 Å². The zero-order chi connectivity index (χ0) is 14.2. The average Bonchev–Trinajstić information content (AvgIpc) is 2.94. The Morgan fingerprint density at radius 2 is 2.33 bits per heavy atom. The molecule has 3 aromatic rings. The van der Waals surface area contributed by atoms with Crippen molar-refractivity contribution in [2.45, 2.75) is 29.7 Å². The van der Waals surface area contributed by atoms with E-state index in [9.17, 15) is 0 Å². The lowest BCUT2D eigenvalue weighted by Gasteiger charge is -2.00. The Bertz CT molecular complexity index is 746. The molecule has 1 saturated carbocycles. The molecule has 108 valence electrons. The number of nitrogens with zero attached hydrogens (tertiary/aromatic N) is 5. The summed E-state index contributed by atoms with van der Waals surface area (Å²) in [6.45, 7) is 0. The summed E-state index contributed by atoms with van der Waals surface area (Å²) in [5.74, 6) is 9.04. The summed E-state index contributed by atoms with van der Waals surface area (Å²) >= 11 is 3.03. The van der Waals surface area contributed by atoms with Crippen LogP contribution in [0, 0.1) is 0 Å². The molecule has 0 radical (unpaired) electrons. The monoisotopic (exact) mass is 320 g/mol. The number of nitrogens with two attached hydrogens (primary N) is 1. The quantitative estimate of drug-likeness (QED) is 0.569. The third kappa shape index (κ3) is 2.54. The van der Waals surface area contributed by atoms with Gasteiger partial charge in [-0.15, -0.1) is 21.5 Å². The van der Waals surface area contributed by atoms with Crippen LogP contribution >= 0.6 is 23.1 Å². The van der Waals surface area contributed by atoms with Gasteiger partial charge in [-0.25, -0.2) is 4.68 Å². The van der Waals surface area contributed by atoms with Crippen LogP contribution in [0.4, 0.5) is 0 Å². The average molecular weight is 320 g/mol. The molecular weight excluding hydrogens is 308 g/mol. The van der Waals surface area contributed by atoms with Crippen molar-refractivity contribution in [2.24, 2.45) is 0 Å². The second-order valence-electron chi connectivity index (χ2n) is 4.76. The molecule has 1 fully saturated rings. The normalized spacial score (nSPS) is 14.7. The zero-order valence-electron chi connectivity index (χ0n) is 11.0. The van der Waals surface area contributed by atoms with Gasteiger partial charge in [0.25, 0.3) is 0 Å². The first-order chi connectivity index (χ1) is 10.3. The van der Waals surface area contributed by atoms with Crippen LogP contribution in [0.1, 0.15) is 30.5 Å². The van der Waals surface area contributed by atoms with Crippen LogP contribution in [0.5, 0.6) is 0 Å². The van der Waals surface area contributed by atoms with Crippen molar-refractivity contribution in [1.82, 2.24) is 25.0 Å². The highest BCUT2D eigenvalue weighted by Crippen LogP contribution is 2.39. The Balaban J connectivity index is 1.45. The zero-order valence-corrected chi connectivity index (χ0v) is 12.6. The van der Waals surface area contributed by atoms with Crippen LogP contribution in [0.25, 0.3) is 10.7 Å². The van der Waals surface area contributed by atoms with Crippen LogP contribution in [0.15, 0.2) is 27.2 Å². The molecule has 0 saturated heterocycles. The van der Waals surface area contributed by atoms with E-state index in [1.807, 2.05) is 17.5 Å². The first-order valence-corrected chi connectivity index (χ1v) is 8.37. The van der Waals surface area contributed by atoms with Gasteiger partial charge in [0.2, 0.25) is 16.9 Å². The van der Waals surface area contributed by atoms with Gasteiger partial charge in [-0.3, -0.25) is 0 Å². The number of rotatable bonds is 5. The van der Waals surface area contributed by atoms with Gasteiger partial charge in [0, 0.05) is 5.92 Å². The van der Waals surface area contributed by atoms with Gasteiger partial charge in [-0.05, 0) is 24.3 Å². The van der Waals surface area contributed by atoms with E-state index < -0.39 is 0 Å². The van der Waals surface area contributed by atoms with Crippen molar-refractivity contribution in [3.63, 3.8) is 0 Å². The molecule has 4 rings (SSSR count). The van der Waals surface area contributed by atoms with Crippen molar-refractivity contribution >= 4 is 23.1 Å². The van der Waals surface area contributed by atoms with Crippen LogP contribution in [0.3, 0.4) is 0 Å². The van der Waals surface area contributed by atoms with Gasteiger partial charge >= 0.3 is 0 Å². The highest BCUT2D eigenvalue weighted by atomic mass is 32.2. The number of thioether (sulfide) groups is 1. The minimum atomic E-state index is 0.477. The minimum Gasteiger partial charge on any atom is -0.338 e. The molecule has 7 nitrogen and oxygen atoms in total. The Hall–Kier alpha value is -1.87. The largest absolute Gasteiger partial charge is 0.338 e. The Labute approximate surface area is 128 Å². The Morgan fingerprint density at radius 3 is 3.10 bits per heavy atom. The van der Waals surface area contributed by atoms with E-state index in [2.05, 4.69) is 20.3 Å². The molecule has 0 amide bonds. The third-order valence-electron chi connectivity index (χ3n) is 3.17. The molecule has 0 unspecified atom stereocenters. The molecule has 1 aliphatic rings. The minimum absolute atomic E-state index is 0.477. The highest BCUT2D eigenvalue weighted by molar-refractivity contribution is 7.98. The van der Waals surface area contributed by atoms with E-state index in [1.165, 1.54) is 11.8 Å². The van der Waals surface area contributed by atoms with Gasteiger partial charge in [0.15, 0.2) is 5.82 Å². The summed E-state index contributed by atoms with van der Waals surface area (Å²) in [5, 5.41) is 14.9. The molecular formula is C12H12N6OS2. The van der Waals surface area contributed by atoms with E-state index in [4.69, 9.17) is 10.4 Å².